The van der Waals surface area contributed by atoms with Crippen LogP contribution in [0.3, 0.4) is 0 Å². The van der Waals surface area contributed by atoms with Gasteiger partial charge in [0.2, 0.25) is 0 Å². The second-order valence-electron chi connectivity index (χ2n) is 3.94. The third-order valence-corrected chi connectivity index (χ3v) is 3.45. The molecule has 2 rings (SSSR count). The fourth-order valence-electron chi connectivity index (χ4n) is 2.03. The van der Waals surface area contributed by atoms with Gasteiger partial charge >= 0.3 is 6.85 Å². The van der Waals surface area contributed by atoms with Crippen molar-refractivity contribution in [3.05, 3.63) is 28.2 Å². The summed E-state index contributed by atoms with van der Waals surface area (Å²) >= 11 is 3.56. The normalized spacial score (nSPS) is 15.5. The molecule has 0 bridgehead atoms. The molecule has 0 atom stereocenters. The summed E-state index contributed by atoms with van der Waals surface area (Å²) in [4.78, 5) is 2.18. The Hall–Kier alpha value is -0.945. The number of hydrogen-bond donors (Lipinski definition) is 0. The van der Waals surface area contributed by atoms with Crippen molar-refractivity contribution in [2.75, 3.05) is 11.4 Å². The lowest BCUT2D eigenvalue weighted by molar-refractivity contribution is 0.980. The lowest BCUT2D eigenvalue weighted by Crippen LogP contribution is -2.32. The second kappa shape index (κ2) is 4.28. The van der Waals surface area contributed by atoms with Crippen LogP contribution in [0.4, 0.5) is 5.69 Å². The minimum atomic E-state index is 0.0454. The summed E-state index contributed by atoms with van der Waals surface area (Å²) in [5.41, 5.74) is 2.38. The first kappa shape index (κ1) is 10.6. The molecule has 0 aromatic heterocycles. The van der Waals surface area contributed by atoms with E-state index < -0.39 is 0 Å². The zero-order chi connectivity index (χ0) is 10.8. The van der Waals surface area contributed by atoms with Crippen LogP contribution in [0.1, 0.15) is 12.0 Å². The van der Waals surface area contributed by atoms with Gasteiger partial charge in [0.05, 0.1) is 0 Å². The van der Waals surface area contributed by atoms with Crippen molar-refractivity contribution in [1.82, 2.24) is 0 Å². The Bertz CT molecular complexity index is 414. The molecule has 76 valence electrons. The third kappa shape index (κ3) is 2.03. The maximum Gasteiger partial charge on any atom is 0.378 e. The third-order valence-electron chi connectivity index (χ3n) is 2.81. The summed E-state index contributed by atoms with van der Waals surface area (Å²) in [7, 11) is 0. The summed E-state index contributed by atoms with van der Waals surface area (Å²) in [6.07, 6.45) is 2.09. The highest BCUT2D eigenvalue weighted by molar-refractivity contribution is 9.10. The average molecular weight is 263 g/mol. The average Bonchev–Trinajstić information content (AvgIpc) is 2.65. The van der Waals surface area contributed by atoms with E-state index in [1.807, 2.05) is 0 Å². The topological polar surface area (TPSA) is 27.0 Å². The van der Waals surface area contributed by atoms with Gasteiger partial charge in [-0.3, -0.25) is 0 Å². The first-order valence-corrected chi connectivity index (χ1v) is 5.94. The molecule has 2 nitrogen and oxygen atoms in total. The summed E-state index contributed by atoms with van der Waals surface area (Å²) in [5, 5.41) is 9.04. The summed E-state index contributed by atoms with van der Waals surface area (Å²) in [5.74, 6) is 2.36. The molecule has 4 heteroatoms. The van der Waals surface area contributed by atoms with Crippen molar-refractivity contribution in [3.63, 3.8) is 0 Å². The van der Waals surface area contributed by atoms with Crippen molar-refractivity contribution in [3.8, 4) is 5.97 Å². The molecule has 1 aliphatic heterocycles. The van der Waals surface area contributed by atoms with E-state index in [4.69, 9.17) is 5.26 Å². The van der Waals surface area contributed by atoms with Gasteiger partial charge in [0, 0.05) is 22.7 Å². The van der Waals surface area contributed by atoms with Crippen molar-refractivity contribution in [2.45, 2.75) is 19.7 Å². The van der Waals surface area contributed by atoms with Gasteiger partial charge in [0.1, 0.15) is 0 Å². The maximum atomic E-state index is 9.04. The fraction of sp³-hybridized carbons (Fsp3) is 0.364. The predicted octanol–water partition coefficient (Wildman–Crippen LogP) is 3.02. The van der Waals surface area contributed by atoms with Gasteiger partial charge in [-0.2, -0.15) is 0 Å². The van der Waals surface area contributed by atoms with Crippen LogP contribution in [0.2, 0.25) is 6.32 Å². The van der Waals surface area contributed by atoms with Gasteiger partial charge in [-0.1, -0.05) is 6.07 Å². The van der Waals surface area contributed by atoms with Crippen LogP contribution in [0.5, 0.6) is 0 Å². The van der Waals surface area contributed by atoms with Crippen LogP contribution in [-0.4, -0.2) is 13.4 Å². The zero-order valence-electron chi connectivity index (χ0n) is 8.70. The van der Waals surface area contributed by atoms with Gasteiger partial charge < -0.3 is 4.81 Å². The number of nitriles is 1. The standard InChI is InChI=1S/C11H12BBrN2/c1-9-3-4-11(10(13)7-9)15-6-2-5-12(15)8-14/h3-4,7H,2,5-6H2,1H3. The van der Waals surface area contributed by atoms with Crippen LogP contribution in [-0.2, 0) is 0 Å². The van der Waals surface area contributed by atoms with Crippen LogP contribution in [0, 0.1) is 18.2 Å². The minimum Gasteiger partial charge on any atom is -0.401 e. The number of anilines is 1. The number of halogens is 1. The van der Waals surface area contributed by atoms with Crippen LogP contribution >= 0.6 is 15.9 Å². The molecule has 1 aromatic carbocycles. The lowest BCUT2D eigenvalue weighted by atomic mass is 9.61. The molecule has 1 aliphatic rings. The Labute approximate surface area is 99.1 Å². The molecule has 0 N–H and O–H groups in total. The van der Waals surface area contributed by atoms with E-state index in [2.05, 4.69) is 51.8 Å². The van der Waals surface area contributed by atoms with Crippen molar-refractivity contribution < 1.29 is 0 Å². The summed E-state index contributed by atoms with van der Waals surface area (Å²) in [6, 6.07) is 6.28. The van der Waals surface area contributed by atoms with E-state index in [1.54, 1.807) is 0 Å². The van der Waals surface area contributed by atoms with E-state index >= 15 is 0 Å². The van der Waals surface area contributed by atoms with Crippen LogP contribution in [0.15, 0.2) is 22.7 Å². The van der Waals surface area contributed by atoms with E-state index in [0.717, 1.165) is 29.4 Å². The molecular weight excluding hydrogens is 251 g/mol. The van der Waals surface area contributed by atoms with Gasteiger partial charge in [-0.05, 0) is 53.3 Å². The Morgan fingerprint density at radius 3 is 3.00 bits per heavy atom. The maximum absolute atomic E-state index is 9.04. The van der Waals surface area contributed by atoms with E-state index in [-0.39, 0.29) is 6.85 Å². The lowest BCUT2D eigenvalue weighted by Gasteiger charge is -2.22. The molecule has 15 heavy (non-hydrogen) atoms. The molecule has 1 heterocycles. The largest absolute Gasteiger partial charge is 0.401 e. The SMILES string of the molecule is Cc1ccc(N2CCCB2C#N)c(Br)c1. The Morgan fingerprint density at radius 1 is 1.53 bits per heavy atom. The van der Waals surface area contributed by atoms with Crippen molar-refractivity contribution in [2.24, 2.45) is 0 Å². The number of nitrogens with zero attached hydrogens (tertiary/aromatic N) is 2. The molecular formula is C11H12BBrN2. The van der Waals surface area contributed by atoms with Gasteiger partial charge in [0.15, 0.2) is 0 Å². The molecule has 0 radical (unpaired) electrons. The summed E-state index contributed by atoms with van der Waals surface area (Å²) in [6.45, 7) is 3.10. The fourth-order valence-corrected chi connectivity index (χ4v) is 2.76. The number of benzene rings is 1. The van der Waals surface area contributed by atoms with Gasteiger partial charge in [-0.25, -0.2) is 5.26 Å². The van der Waals surface area contributed by atoms with Crippen molar-refractivity contribution >= 4 is 28.5 Å². The summed E-state index contributed by atoms with van der Waals surface area (Å²) < 4.78 is 1.09. The zero-order valence-corrected chi connectivity index (χ0v) is 10.3. The number of rotatable bonds is 1. The predicted molar refractivity (Wildman–Crippen MR) is 67.0 cm³/mol. The number of aryl methyl sites for hydroxylation is 1. The van der Waals surface area contributed by atoms with Crippen LogP contribution < -0.4 is 4.81 Å². The van der Waals surface area contributed by atoms with Gasteiger partial charge in [0.25, 0.3) is 0 Å². The molecule has 0 spiro atoms. The number of hydrogen-bond acceptors (Lipinski definition) is 2. The smallest absolute Gasteiger partial charge is 0.378 e. The van der Waals surface area contributed by atoms with Crippen LogP contribution in [0.25, 0.3) is 0 Å². The Balaban J connectivity index is 2.33. The second-order valence-corrected chi connectivity index (χ2v) is 4.79. The monoisotopic (exact) mass is 262 g/mol. The van der Waals surface area contributed by atoms with E-state index in [9.17, 15) is 0 Å². The highest BCUT2D eigenvalue weighted by atomic mass is 79.9. The quantitative estimate of drug-likeness (QED) is 0.728. The molecule has 0 unspecified atom stereocenters. The molecule has 0 saturated carbocycles. The Morgan fingerprint density at radius 2 is 2.33 bits per heavy atom. The van der Waals surface area contributed by atoms with Gasteiger partial charge in [-0.15, -0.1) is 0 Å². The van der Waals surface area contributed by atoms with Crippen molar-refractivity contribution in [1.29, 1.82) is 5.26 Å². The first-order valence-electron chi connectivity index (χ1n) is 5.15. The highest BCUT2D eigenvalue weighted by Crippen LogP contribution is 2.31. The molecule has 0 amide bonds. The highest BCUT2D eigenvalue weighted by Gasteiger charge is 2.30. The minimum absolute atomic E-state index is 0.0454. The molecule has 1 aromatic rings. The molecule has 1 saturated heterocycles. The molecule has 1 fully saturated rings. The van der Waals surface area contributed by atoms with E-state index in [1.165, 1.54) is 5.56 Å². The van der Waals surface area contributed by atoms with E-state index in [0.29, 0.717) is 0 Å². The molecule has 0 aliphatic carbocycles. The first-order chi connectivity index (χ1) is 7.22. The Kier molecular flexibility index (Phi) is 3.02.